The van der Waals surface area contributed by atoms with E-state index < -0.39 is 18.3 Å². The molecule has 15 heavy (non-hydrogen) atoms. The van der Waals surface area contributed by atoms with Crippen LogP contribution in [-0.4, -0.2) is 17.0 Å². The van der Waals surface area contributed by atoms with E-state index in [4.69, 9.17) is 5.11 Å². The molecule has 82 valence electrons. The Hall–Kier alpha value is -1.36. The fourth-order valence-electron chi connectivity index (χ4n) is 1.12. The van der Waals surface area contributed by atoms with Crippen LogP contribution in [0.5, 0.6) is 0 Å². The van der Waals surface area contributed by atoms with Crippen LogP contribution in [0.3, 0.4) is 0 Å². The van der Waals surface area contributed by atoms with E-state index in [-0.39, 0.29) is 0 Å². The van der Waals surface area contributed by atoms with Crippen LogP contribution in [0.1, 0.15) is 21.7 Å². The Balaban J connectivity index is 2.43. The zero-order valence-corrected chi connectivity index (χ0v) is 9.48. The maximum atomic E-state index is 11.0. The Morgan fingerprint density at radius 3 is 2.60 bits per heavy atom. The van der Waals surface area contributed by atoms with Crippen molar-refractivity contribution in [2.24, 2.45) is 0 Å². The zero-order valence-electron chi connectivity index (χ0n) is 8.66. The van der Waals surface area contributed by atoms with Crippen LogP contribution in [-0.2, 0) is 16.1 Å². The number of carboxylic acid groups (broad SMARTS) is 1. The van der Waals surface area contributed by atoms with E-state index >= 15 is 0 Å². The molecule has 0 aliphatic heterocycles. The second-order valence-electron chi connectivity index (χ2n) is 3.30. The van der Waals surface area contributed by atoms with Crippen LogP contribution < -0.4 is 5.32 Å². The molecule has 0 aliphatic carbocycles. The highest BCUT2D eigenvalue weighted by Gasteiger charge is 2.08. The molecule has 2 N–H and O–H groups in total. The highest BCUT2D eigenvalue weighted by Crippen LogP contribution is 2.20. The van der Waals surface area contributed by atoms with Crippen LogP contribution in [0.2, 0.25) is 0 Å². The minimum atomic E-state index is -1.11. The third-order valence-corrected chi connectivity index (χ3v) is 3.14. The summed E-state index contributed by atoms with van der Waals surface area (Å²) < 4.78 is 0. The average molecular weight is 227 g/mol. The van der Waals surface area contributed by atoms with Gasteiger partial charge in [-0.2, -0.15) is 0 Å². The lowest BCUT2D eigenvalue weighted by atomic mass is 10.3. The maximum Gasteiger partial charge on any atom is 0.312 e. The van der Waals surface area contributed by atoms with Crippen LogP contribution in [0.4, 0.5) is 0 Å². The Morgan fingerprint density at radius 2 is 2.13 bits per heavy atom. The van der Waals surface area contributed by atoms with Crippen molar-refractivity contribution < 1.29 is 14.7 Å². The van der Waals surface area contributed by atoms with Crippen molar-refractivity contribution in [3.63, 3.8) is 0 Å². The molecule has 5 heteroatoms. The quantitative estimate of drug-likeness (QED) is 0.765. The highest BCUT2D eigenvalue weighted by molar-refractivity contribution is 7.12. The third kappa shape index (κ3) is 3.71. The molecule has 1 heterocycles. The number of carbonyl (C=O) groups excluding carboxylic acids is 1. The largest absolute Gasteiger partial charge is 0.481 e. The van der Waals surface area contributed by atoms with E-state index in [1.54, 1.807) is 11.3 Å². The lowest BCUT2D eigenvalue weighted by Gasteiger charge is -2.00. The number of hydrogen-bond acceptors (Lipinski definition) is 3. The maximum absolute atomic E-state index is 11.0. The first-order valence-electron chi connectivity index (χ1n) is 4.53. The molecule has 0 aliphatic rings. The normalized spacial score (nSPS) is 10.0. The van der Waals surface area contributed by atoms with Gasteiger partial charge in [-0.1, -0.05) is 0 Å². The average Bonchev–Trinajstić information content (AvgIpc) is 2.42. The molecule has 0 aromatic carbocycles. The zero-order chi connectivity index (χ0) is 11.4. The summed E-state index contributed by atoms with van der Waals surface area (Å²) >= 11 is 1.61. The van der Waals surface area contributed by atoms with E-state index in [0.29, 0.717) is 6.54 Å². The van der Waals surface area contributed by atoms with Gasteiger partial charge in [-0.25, -0.2) is 0 Å². The molecule has 1 amide bonds. The number of rotatable bonds is 4. The van der Waals surface area contributed by atoms with Gasteiger partial charge in [0.25, 0.3) is 0 Å². The predicted octanol–water partition coefficient (Wildman–Crippen LogP) is 1.46. The molecular weight excluding hydrogens is 214 g/mol. The molecule has 0 spiro atoms. The van der Waals surface area contributed by atoms with Gasteiger partial charge in [-0.3, -0.25) is 9.59 Å². The van der Waals surface area contributed by atoms with E-state index in [2.05, 4.69) is 5.32 Å². The van der Waals surface area contributed by atoms with Crippen molar-refractivity contribution in [3.8, 4) is 0 Å². The van der Waals surface area contributed by atoms with Crippen molar-refractivity contribution in [1.82, 2.24) is 5.32 Å². The smallest absolute Gasteiger partial charge is 0.312 e. The summed E-state index contributed by atoms with van der Waals surface area (Å²) in [6, 6.07) is 2.00. The molecule has 1 aromatic rings. The SMILES string of the molecule is Cc1cc(CNC(=O)CC(=O)O)sc1C. The minimum absolute atomic E-state index is 0.408. The molecule has 0 bridgehead atoms. The molecule has 0 radical (unpaired) electrons. The summed E-state index contributed by atoms with van der Waals surface area (Å²) in [6.45, 7) is 4.43. The third-order valence-electron chi connectivity index (χ3n) is 1.99. The highest BCUT2D eigenvalue weighted by atomic mass is 32.1. The summed E-state index contributed by atoms with van der Waals surface area (Å²) in [5.74, 6) is -1.56. The number of carbonyl (C=O) groups is 2. The number of hydrogen-bond donors (Lipinski definition) is 2. The lowest BCUT2D eigenvalue weighted by molar-refractivity contribution is -0.140. The van der Waals surface area contributed by atoms with Gasteiger partial charge in [0, 0.05) is 9.75 Å². The van der Waals surface area contributed by atoms with Crippen LogP contribution in [0.15, 0.2) is 6.07 Å². The molecule has 0 saturated heterocycles. The number of carboxylic acids is 1. The van der Waals surface area contributed by atoms with E-state index in [1.165, 1.54) is 10.4 Å². The van der Waals surface area contributed by atoms with Crippen LogP contribution in [0, 0.1) is 13.8 Å². The number of aryl methyl sites for hydroxylation is 2. The van der Waals surface area contributed by atoms with E-state index in [9.17, 15) is 9.59 Å². The van der Waals surface area contributed by atoms with Gasteiger partial charge in [0.1, 0.15) is 6.42 Å². The van der Waals surface area contributed by atoms with Gasteiger partial charge in [0.2, 0.25) is 5.91 Å². The molecule has 4 nitrogen and oxygen atoms in total. The second-order valence-corrected chi connectivity index (χ2v) is 4.64. The Morgan fingerprint density at radius 1 is 1.47 bits per heavy atom. The summed E-state index contributed by atoms with van der Waals surface area (Å²) in [6.07, 6.45) is -0.469. The van der Waals surface area contributed by atoms with E-state index in [1.807, 2.05) is 19.9 Å². The van der Waals surface area contributed by atoms with Gasteiger partial charge in [0.05, 0.1) is 6.54 Å². The fraction of sp³-hybridized carbons (Fsp3) is 0.400. The van der Waals surface area contributed by atoms with Crippen molar-refractivity contribution in [3.05, 3.63) is 21.4 Å². The van der Waals surface area contributed by atoms with E-state index in [0.717, 1.165) is 4.88 Å². The van der Waals surface area contributed by atoms with Crippen LogP contribution >= 0.6 is 11.3 Å². The van der Waals surface area contributed by atoms with Crippen molar-refractivity contribution >= 4 is 23.2 Å². The monoisotopic (exact) mass is 227 g/mol. The fourth-order valence-corrected chi connectivity index (χ4v) is 2.12. The number of thiophene rings is 1. The van der Waals surface area contributed by atoms with Gasteiger partial charge in [0.15, 0.2) is 0 Å². The first kappa shape index (κ1) is 11.7. The summed E-state index contributed by atoms with van der Waals surface area (Å²) in [5, 5.41) is 10.9. The number of nitrogens with one attached hydrogen (secondary N) is 1. The van der Waals surface area contributed by atoms with Crippen LogP contribution in [0.25, 0.3) is 0 Å². The van der Waals surface area contributed by atoms with Gasteiger partial charge in [-0.15, -0.1) is 11.3 Å². The predicted molar refractivity (Wildman–Crippen MR) is 57.9 cm³/mol. The van der Waals surface area contributed by atoms with Gasteiger partial charge < -0.3 is 10.4 Å². The first-order valence-corrected chi connectivity index (χ1v) is 5.35. The molecule has 0 unspecified atom stereocenters. The topological polar surface area (TPSA) is 66.4 Å². The Labute approximate surface area is 91.9 Å². The standard InChI is InChI=1S/C10H13NO3S/c1-6-3-8(15-7(6)2)5-11-9(12)4-10(13)14/h3H,4-5H2,1-2H3,(H,11,12)(H,13,14). The van der Waals surface area contributed by atoms with Gasteiger partial charge in [-0.05, 0) is 25.5 Å². The Kier molecular flexibility index (Phi) is 3.85. The second kappa shape index (κ2) is 4.93. The molecular formula is C10H13NO3S. The minimum Gasteiger partial charge on any atom is -0.481 e. The molecule has 1 rings (SSSR count). The van der Waals surface area contributed by atoms with Crippen molar-refractivity contribution in [1.29, 1.82) is 0 Å². The first-order chi connectivity index (χ1) is 6.99. The molecule has 0 saturated carbocycles. The molecule has 0 fully saturated rings. The van der Waals surface area contributed by atoms with Gasteiger partial charge >= 0.3 is 5.97 Å². The number of amides is 1. The summed E-state index contributed by atoms with van der Waals surface area (Å²) in [7, 11) is 0. The summed E-state index contributed by atoms with van der Waals surface area (Å²) in [4.78, 5) is 23.5. The van der Waals surface area contributed by atoms with Crippen molar-refractivity contribution in [2.75, 3.05) is 0 Å². The Bertz CT molecular complexity index is 365. The number of aliphatic carboxylic acids is 1. The molecule has 0 atom stereocenters. The lowest BCUT2D eigenvalue weighted by Crippen LogP contribution is -2.24. The summed E-state index contributed by atoms with van der Waals surface area (Å²) in [5.41, 5.74) is 1.20. The molecule has 1 aromatic heterocycles. The van der Waals surface area contributed by atoms with Crippen molar-refractivity contribution in [2.45, 2.75) is 26.8 Å².